The van der Waals surface area contributed by atoms with E-state index < -0.39 is 0 Å². The number of hydrogen-bond acceptors (Lipinski definition) is 4. The van der Waals surface area contributed by atoms with Crippen LogP contribution in [0.15, 0.2) is 12.1 Å². The average molecular weight is 318 g/mol. The molecule has 2 saturated heterocycles. The van der Waals surface area contributed by atoms with Gasteiger partial charge in [0.25, 0.3) is 0 Å². The molecule has 0 unspecified atom stereocenters. The van der Waals surface area contributed by atoms with Crippen molar-refractivity contribution in [2.24, 2.45) is 0 Å². The van der Waals surface area contributed by atoms with Gasteiger partial charge in [0.1, 0.15) is 0 Å². The summed E-state index contributed by atoms with van der Waals surface area (Å²) in [6.07, 6.45) is 7.83. The number of piperidine rings is 2. The van der Waals surface area contributed by atoms with Crippen LogP contribution in [0.4, 0.5) is 0 Å². The molecule has 0 saturated carbocycles. The van der Waals surface area contributed by atoms with Crippen molar-refractivity contribution in [3.8, 4) is 11.5 Å². The van der Waals surface area contributed by atoms with E-state index in [9.17, 15) is 5.11 Å². The third kappa shape index (κ3) is 4.39. The van der Waals surface area contributed by atoms with Gasteiger partial charge in [-0.1, -0.05) is 12.8 Å². The topological polar surface area (TPSA) is 35.9 Å². The summed E-state index contributed by atoms with van der Waals surface area (Å²) in [6, 6.07) is 4.19. The van der Waals surface area contributed by atoms with Crippen LogP contribution in [-0.4, -0.2) is 48.2 Å². The number of aromatic hydroxyl groups is 1. The van der Waals surface area contributed by atoms with Crippen molar-refractivity contribution in [2.45, 2.75) is 51.6 Å². The van der Waals surface area contributed by atoms with Crippen molar-refractivity contribution in [3.63, 3.8) is 0 Å². The van der Waals surface area contributed by atoms with Gasteiger partial charge in [0.2, 0.25) is 0 Å². The smallest absolute Gasteiger partial charge is 0.162 e. The van der Waals surface area contributed by atoms with Crippen molar-refractivity contribution in [3.05, 3.63) is 23.3 Å². The monoisotopic (exact) mass is 318 g/mol. The zero-order valence-electron chi connectivity index (χ0n) is 14.4. The average Bonchev–Trinajstić information content (AvgIpc) is 2.59. The van der Waals surface area contributed by atoms with Crippen molar-refractivity contribution in [1.29, 1.82) is 0 Å². The second-order valence-corrected chi connectivity index (χ2v) is 6.98. The molecule has 23 heavy (non-hydrogen) atoms. The normalized spacial score (nSPS) is 20.6. The fourth-order valence-electron chi connectivity index (χ4n) is 3.83. The van der Waals surface area contributed by atoms with Gasteiger partial charge in [-0.25, -0.2) is 0 Å². The number of benzene rings is 1. The lowest BCUT2D eigenvalue weighted by molar-refractivity contribution is 0.215. The van der Waals surface area contributed by atoms with E-state index in [0.29, 0.717) is 11.5 Å². The van der Waals surface area contributed by atoms with E-state index in [1.807, 2.05) is 6.07 Å². The van der Waals surface area contributed by atoms with Crippen molar-refractivity contribution < 1.29 is 9.84 Å². The zero-order valence-corrected chi connectivity index (χ0v) is 14.4. The first-order valence-electron chi connectivity index (χ1n) is 9.10. The number of nitrogens with zero attached hydrogens (tertiary/aromatic N) is 2. The fourth-order valence-corrected chi connectivity index (χ4v) is 3.83. The lowest BCUT2D eigenvalue weighted by atomic mass is 10.0. The Kier molecular flexibility index (Phi) is 5.79. The van der Waals surface area contributed by atoms with Crippen LogP contribution in [0.3, 0.4) is 0 Å². The van der Waals surface area contributed by atoms with Crippen molar-refractivity contribution in [1.82, 2.24) is 9.80 Å². The molecule has 0 spiro atoms. The van der Waals surface area contributed by atoms with Gasteiger partial charge in [-0.15, -0.1) is 0 Å². The Morgan fingerprint density at radius 3 is 2.00 bits per heavy atom. The molecule has 1 N–H and O–H groups in total. The Morgan fingerprint density at radius 2 is 1.43 bits per heavy atom. The Labute approximate surface area is 140 Å². The first kappa shape index (κ1) is 16.6. The van der Waals surface area contributed by atoms with Crippen LogP contribution < -0.4 is 4.74 Å². The third-order valence-electron chi connectivity index (χ3n) is 5.13. The number of hydrogen-bond donors (Lipinski definition) is 1. The van der Waals surface area contributed by atoms with Crippen LogP contribution in [0.25, 0.3) is 0 Å². The summed E-state index contributed by atoms with van der Waals surface area (Å²) >= 11 is 0. The molecule has 0 amide bonds. The predicted octanol–water partition coefficient (Wildman–Crippen LogP) is 3.37. The molecule has 0 aliphatic carbocycles. The molecule has 4 heteroatoms. The highest BCUT2D eigenvalue weighted by Gasteiger charge is 2.18. The Hall–Kier alpha value is -1.26. The summed E-state index contributed by atoms with van der Waals surface area (Å²) in [6.45, 7) is 6.44. The summed E-state index contributed by atoms with van der Waals surface area (Å²) in [5.74, 6) is 0.937. The molecule has 0 radical (unpaired) electrons. The molecular formula is C19H30N2O2. The van der Waals surface area contributed by atoms with Gasteiger partial charge in [0.15, 0.2) is 11.5 Å². The van der Waals surface area contributed by atoms with Crippen molar-refractivity contribution in [2.75, 3.05) is 33.3 Å². The molecule has 0 atom stereocenters. The van der Waals surface area contributed by atoms with Crippen LogP contribution in [-0.2, 0) is 13.1 Å². The highest BCUT2D eigenvalue weighted by molar-refractivity contribution is 5.48. The summed E-state index contributed by atoms with van der Waals surface area (Å²) in [5, 5.41) is 10.5. The van der Waals surface area contributed by atoms with E-state index in [4.69, 9.17) is 4.74 Å². The van der Waals surface area contributed by atoms with E-state index in [1.54, 1.807) is 7.11 Å². The molecule has 2 aliphatic heterocycles. The zero-order chi connectivity index (χ0) is 16.1. The molecule has 0 aromatic heterocycles. The SMILES string of the molecule is COc1cc(CN2CCCCC2)cc(CN2CCCCC2)c1O. The number of likely N-dealkylation sites (tertiary alicyclic amines) is 2. The highest BCUT2D eigenvalue weighted by atomic mass is 16.5. The maximum atomic E-state index is 10.5. The molecule has 1 aromatic carbocycles. The number of phenolic OH excluding ortho intramolecular Hbond substituents is 1. The Bertz CT molecular complexity index is 506. The second kappa shape index (κ2) is 8.02. The molecule has 3 rings (SSSR count). The molecule has 2 fully saturated rings. The van der Waals surface area contributed by atoms with Gasteiger partial charge < -0.3 is 9.84 Å². The highest BCUT2D eigenvalue weighted by Crippen LogP contribution is 2.33. The Balaban J connectivity index is 1.75. The van der Waals surface area contributed by atoms with Crippen LogP contribution >= 0.6 is 0 Å². The largest absolute Gasteiger partial charge is 0.504 e. The number of ether oxygens (including phenoxy) is 1. The molecule has 2 aliphatic rings. The van der Waals surface area contributed by atoms with Gasteiger partial charge >= 0.3 is 0 Å². The third-order valence-corrected chi connectivity index (χ3v) is 5.13. The molecule has 1 aromatic rings. The molecule has 4 nitrogen and oxygen atoms in total. The maximum Gasteiger partial charge on any atom is 0.162 e. The molecule has 0 bridgehead atoms. The lowest BCUT2D eigenvalue weighted by Gasteiger charge is -2.28. The number of rotatable bonds is 5. The van der Waals surface area contributed by atoms with Crippen LogP contribution in [0.5, 0.6) is 11.5 Å². The summed E-state index contributed by atoms with van der Waals surface area (Å²) in [4.78, 5) is 4.96. The maximum absolute atomic E-state index is 10.5. The van der Waals surface area contributed by atoms with Gasteiger partial charge in [-0.2, -0.15) is 0 Å². The Morgan fingerprint density at radius 1 is 0.870 bits per heavy atom. The van der Waals surface area contributed by atoms with Crippen LogP contribution in [0.1, 0.15) is 49.7 Å². The van der Waals surface area contributed by atoms with E-state index >= 15 is 0 Å². The van der Waals surface area contributed by atoms with E-state index in [-0.39, 0.29) is 0 Å². The summed E-state index contributed by atoms with van der Waals surface area (Å²) < 4.78 is 5.42. The fraction of sp³-hybridized carbons (Fsp3) is 0.684. The number of methoxy groups -OCH3 is 1. The minimum absolute atomic E-state index is 0.320. The van der Waals surface area contributed by atoms with Crippen LogP contribution in [0.2, 0.25) is 0 Å². The quantitative estimate of drug-likeness (QED) is 0.903. The molecule has 128 valence electrons. The van der Waals surface area contributed by atoms with Crippen molar-refractivity contribution >= 4 is 0 Å². The standard InChI is InChI=1S/C19H30N2O2/c1-23-18-13-16(14-20-8-4-2-5-9-20)12-17(19(18)22)15-21-10-6-3-7-11-21/h12-13,22H,2-11,14-15H2,1H3. The summed E-state index contributed by atoms with van der Waals surface area (Å²) in [7, 11) is 1.64. The lowest BCUT2D eigenvalue weighted by Crippen LogP contribution is -2.30. The second-order valence-electron chi connectivity index (χ2n) is 6.98. The predicted molar refractivity (Wildman–Crippen MR) is 92.9 cm³/mol. The van der Waals surface area contributed by atoms with E-state index in [2.05, 4.69) is 15.9 Å². The first-order valence-corrected chi connectivity index (χ1v) is 9.10. The molecule has 2 heterocycles. The minimum atomic E-state index is 0.320. The first-order chi connectivity index (χ1) is 11.3. The van der Waals surface area contributed by atoms with Crippen LogP contribution in [0, 0.1) is 0 Å². The molecular weight excluding hydrogens is 288 g/mol. The number of phenols is 1. The van der Waals surface area contributed by atoms with E-state index in [1.165, 1.54) is 57.2 Å². The van der Waals surface area contributed by atoms with Gasteiger partial charge in [0.05, 0.1) is 7.11 Å². The van der Waals surface area contributed by atoms with Gasteiger partial charge in [-0.05, 0) is 69.6 Å². The van der Waals surface area contributed by atoms with Gasteiger partial charge in [-0.3, -0.25) is 9.80 Å². The van der Waals surface area contributed by atoms with E-state index in [0.717, 1.165) is 31.7 Å². The van der Waals surface area contributed by atoms with Gasteiger partial charge in [0, 0.05) is 18.7 Å². The summed E-state index contributed by atoms with van der Waals surface area (Å²) in [5.41, 5.74) is 2.27. The minimum Gasteiger partial charge on any atom is -0.504 e.